The molecular formula is C20H21N7O4S. The average molecular weight is 456 g/mol. The number of aromatic nitrogens is 5. The number of para-hydroxylation sites is 1. The van der Waals surface area contributed by atoms with Gasteiger partial charge >= 0.3 is 10.3 Å². The molecule has 4 N–H and O–H groups in total. The van der Waals surface area contributed by atoms with E-state index in [-0.39, 0.29) is 6.04 Å². The SMILES string of the molecule is CN([C@H]1C[C@@H](Nc2ncnc3nc(-c4cccc5cccnc45)[nH]c23)C[C@@H]1O)S(=O)(=O)O. The van der Waals surface area contributed by atoms with Crippen LogP contribution in [0.4, 0.5) is 5.82 Å². The van der Waals surface area contributed by atoms with Gasteiger partial charge in [-0.2, -0.15) is 12.7 Å². The van der Waals surface area contributed by atoms with Crippen molar-refractivity contribution in [1.29, 1.82) is 0 Å². The first-order chi connectivity index (χ1) is 15.3. The Hall–Kier alpha value is -3.19. The van der Waals surface area contributed by atoms with E-state index in [4.69, 9.17) is 0 Å². The zero-order valence-corrected chi connectivity index (χ0v) is 17.9. The van der Waals surface area contributed by atoms with Crippen LogP contribution in [0.3, 0.4) is 0 Å². The van der Waals surface area contributed by atoms with E-state index in [2.05, 4.69) is 30.2 Å². The fourth-order valence-corrected chi connectivity index (χ4v) is 4.80. The van der Waals surface area contributed by atoms with Crippen molar-refractivity contribution in [2.75, 3.05) is 12.4 Å². The van der Waals surface area contributed by atoms with Crippen LogP contribution >= 0.6 is 0 Å². The highest BCUT2D eigenvalue weighted by Crippen LogP contribution is 2.31. The van der Waals surface area contributed by atoms with Crippen molar-refractivity contribution in [3.8, 4) is 11.4 Å². The first-order valence-electron chi connectivity index (χ1n) is 10.0. The molecule has 0 saturated heterocycles. The van der Waals surface area contributed by atoms with Crippen LogP contribution in [0.15, 0.2) is 42.9 Å². The summed E-state index contributed by atoms with van der Waals surface area (Å²) in [4.78, 5) is 20.9. The summed E-state index contributed by atoms with van der Waals surface area (Å²) in [6.07, 6.45) is 2.80. The number of H-pyrrole nitrogens is 1. The lowest BCUT2D eigenvalue weighted by atomic mass is 10.1. The third kappa shape index (κ3) is 3.66. The molecule has 12 heteroatoms. The number of likely N-dealkylation sites (N-methyl/N-ethyl adjacent to an activating group) is 1. The maximum absolute atomic E-state index is 11.4. The maximum Gasteiger partial charge on any atom is 0.335 e. The molecule has 32 heavy (non-hydrogen) atoms. The van der Waals surface area contributed by atoms with Crippen molar-refractivity contribution in [1.82, 2.24) is 29.2 Å². The number of hydrogen-bond acceptors (Lipinski definition) is 8. The summed E-state index contributed by atoms with van der Waals surface area (Å²) in [5, 5.41) is 14.6. The van der Waals surface area contributed by atoms with Gasteiger partial charge in [-0.05, 0) is 25.0 Å². The topological polar surface area (TPSA) is 157 Å². The van der Waals surface area contributed by atoms with Crippen LogP contribution in [0.5, 0.6) is 0 Å². The van der Waals surface area contributed by atoms with Crippen molar-refractivity contribution >= 4 is 38.2 Å². The minimum atomic E-state index is -4.40. The van der Waals surface area contributed by atoms with Crippen LogP contribution in [0.1, 0.15) is 12.8 Å². The summed E-state index contributed by atoms with van der Waals surface area (Å²) in [5.41, 5.74) is 2.71. The van der Waals surface area contributed by atoms with Gasteiger partial charge in [0.2, 0.25) is 0 Å². The third-order valence-corrected chi connectivity index (χ3v) is 6.84. The van der Waals surface area contributed by atoms with Crippen molar-refractivity contribution in [3.05, 3.63) is 42.9 Å². The third-order valence-electron chi connectivity index (χ3n) is 5.84. The molecule has 1 aromatic carbocycles. The van der Waals surface area contributed by atoms with Crippen LogP contribution in [-0.2, 0) is 10.3 Å². The Labute approximate surface area is 183 Å². The minimum Gasteiger partial charge on any atom is -0.391 e. The quantitative estimate of drug-likeness (QED) is 0.328. The van der Waals surface area contributed by atoms with Gasteiger partial charge < -0.3 is 15.4 Å². The largest absolute Gasteiger partial charge is 0.391 e. The summed E-state index contributed by atoms with van der Waals surface area (Å²) >= 11 is 0. The maximum atomic E-state index is 11.4. The summed E-state index contributed by atoms with van der Waals surface area (Å²) < 4.78 is 33.0. The molecule has 1 aliphatic rings. The summed E-state index contributed by atoms with van der Waals surface area (Å²) in [7, 11) is -3.15. The Kier molecular flexibility index (Phi) is 5.01. The summed E-state index contributed by atoms with van der Waals surface area (Å²) in [6, 6.07) is 8.70. The summed E-state index contributed by atoms with van der Waals surface area (Å²) in [5.74, 6) is 1.09. The van der Waals surface area contributed by atoms with E-state index in [0.29, 0.717) is 35.6 Å². The minimum absolute atomic E-state index is 0.261. The predicted molar refractivity (Wildman–Crippen MR) is 118 cm³/mol. The van der Waals surface area contributed by atoms with Crippen LogP contribution in [0.2, 0.25) is 0 Å². The van der Waals surface area contributed by atoms with E-state index >= 15 is 0 Å². The molecule has 0 spiro atoms. The molecule has 5 rings (SSSR count). The van der Waals surface area contributed by atoms with Gasteiger partial charge in [0.05, 0.1) is 17.7 Å². The number of pyridine rings is 1. The Morgan fingerprint density at radius 2 is 1.97 bits per heavy atom. The molecule has 0 aliphatic heterocycles. The number of aliphatic hydroxyl groups is 1. The lowest BCUT2D eigenvalue weighted by Crippen LogP contribution is -2.41. The van der Waals surface area contributed by atoms with Gasteiger partial charge in [-0.15, -0.1) is 0 Å². The number of rotatable bonds is 5. The lowest BCUT2D eigenvalue weighted by Gasteiger charge is -2.23. The van der Waals surface area contributed by atoms with Crippen LogP contribution < -0.4 is 5.32 Å². The van der Waals surface area contributed by atoms with Crippen molar-refractivity contribution in [3.63, 3.8) is 0 Å². The average Bonchev–Trinajstić information content (AvgIpc) is 3.36. The monoisotopic (exact) mass is 455 g/mol. The number of benzene rings is 1. The molecule has 0 bridgehead atoms. The van der Waals surface area contributed by atoms with Crippen molar-refractivity contribution < 1.29 is 18.1 Å². The van der Waals surface area contributed by atoms with Crippen LogP contribution in [-0.4, -0.2) is 72.5 Å². The van der Waals surface area contributed by atoms with Crippen molar-refractivity contribution in [2.45, 2.75) is 31.0 Å². The number of anilines is 1. The smallest absolute Gasteiger partial charge is 0.335 e. The zero-order chi connectivity index (χ0) is 22.5. The molecule has 3 aromatic heterocycles. The van der Waals surface area contributed by atoms with Gasteiger partial charge in [0.15, 0.2) is 11.5 Å². The number of nitrogens with zero attached hydrogens (tertiary/aromatic N) is 5. The van der Waals surface area contributed by atoms with Crippen LogP contribution in [0.25, 0.3) is 33.5 Å². The number of nitrogens with one attached hydrogen (secondary N) is 2. The highest BCUT2D eigenvalue weighted by molar-refractivity contribution is 7.83. The molecule has 3 atom stereocenters. The van der Waals surface area contributed by atoms with E-state index in [0.717, 1.165) is 20.8 Å². The zero-order valence-electron chi connectivity index (χ0n) is 17.0. The Balaban J connectivity index is 1.46. The number of imidazole rings is 1. The second-order valence-electron chi connectivity index (χ2n) is 7.83. The fourth-order valence-electron chi connectivity index (χ4n) is 4.23. The Bertz CT molecular complexity index is 1400. The van der Waals surface area contributed by atoms with E-state index in [1.54, 1.807) is 6.20 Å². The van der Waals surface area contributed by atoms with E-state index in [9.17, 15) is 18.1 Å². The van der Waals surface area contributed by atoms with Gasteiger partial charge in [-0.25, -0.2) is 15.0 Å². The first kappa shape index (κ1) is 20.7. The fraction of sp³-hybridized carbons (Fsp3) is 0.300. The van der Waals surface area contributed by atoms with Gasteiger partial charge in [0, 0.05) is 30.2 Å². The molecule has 11 nitrogen and oxygen atoms in total. The molecule has 166 valence electrons. The van der Waals surface area contributed by atoms with Gasteiger partial charge in [-0.1, -0.05) is 18.2 Å². The van der Waals surface area contributed by atoms with Crippen LogP contribution in [0, 0.1) is 0 Å². The standard InChI is InChI=1S/C20H21N7O4S/c1-27(32(29,30)31)14-8-12(9-15(14)28)24-19-17-20(23-10-22-19)26-18(25-17)13-6-2-4-11-5-3-7-21-16(11)13/h2-7,10,12,14-15,28H,8-9H2,1H3,(H,29,30,31)(H2,22,23,24,25,26)/t12-,14+,15+/m1/s1. The van der Waals surface area contributed by atoms with E-state index in [1.165, 1.54) is 13.4 Å². The van der Waals surface area contributed by atoms with Gasteiger partial charge in [-0.3, -0.25) is 9.54 Å². The first-order valence-corrected chi connectivity index (χ1v) is 11.4. The second kappa shape index (κ2) is 7.74. The Morgan fingerprint density at radius 3 is 2.78 bits per heavy atom. The van der Waals surface area contributed by atoms with Gasteiger partial charge in [0.1, 0.15) is 17.7 Å². The highest BCUT2D eigenvalue weighted by Gasteiger charge is 2.39. The molecular weight excluding hydrogens is 434 g/mol. The molecule has 0 amide bonds. The van der Waals surface area contributed by atoms with E-state index in [1.807, 2.05) is 30.3 Å². The number of hydrogen-bond donors (Lipinski definition) is 4. The lowest BCUT2D eigenvalue weighted by molar-refractivity contribution is 0.118. The predicted octanol–water partition coefficient (Wildman–Crippen LogP) is 1.61. The van der Waals surface area contributed by atoms with E-state index < -0.39 is 22.4 Å². The molecule has 3 heterocycles. The molecule has 1 fully saturated rings. The molecule has 4 aromatic rings. The number of fused-ring (bicyclic) bond motifs is 2. The highest BCUT2D eigenvalue weighted by atomic mass is 32.2. The molecule has 0 unspecified atom stereocenters. The molecule has 1 aliphatic carbocycles. The van der Waals surface area contributed by atoms with Gasteiger partial charge in [0.25, 0.3) is 0 Å². The normalized spacial score (nSPS) is 21.6. The van der Waals surface area contributed by atoms with Crippen molar-refractivity contribution in [2.24, 2.45) is 0 Å². The molecule has 1 saturated carbocycles. The number of aromatic amines is 1. The molecule has 0 radical (unpaired) electrons. The number of aliphatic hydroxyl groups excluding tert-OH is 1. The Morgan fingerprint density at radius 1 is 1.16 bits per heavy atom. The second-order valence-corrected chi connectivity index (χ2v) is 9.30. The summed E-state index contributed by atoms with van der Waals surface area (Å²) in [6.45, 7) is 0.